The first-order valence-electron chi connectivity index (χ1n) is 6.73. The quantitative estimate of drug-likeness (QED) is 0.581. The van der Waals surface area contributed by atoms with Gasteiger partial charge in [-0.3, -0.25) is 0 Å². The molecule has 3 aliphatic rings. The Kier molecular flexibility index (Phi) is 2.50. The summed E-state index contributed by atoms with van der Waals surface area (Å²) < 4.78 is 6.14. The molecule has 84 valence electrons. The lowest BCUT2D eigenvalue weighted by Gasteiger charge is -2.41. The van der Waals surface area contributed by atoms with E-state index in [4.69, 9.17) is 4.74 Å². The van der Waals surface area contributed by atoms with Crippen molar-refractivity contribution in [3.63, 3.8) is 0 Å². The molecule has 0 N–H and O–H groups in total. The molecule has 0 aromatic carbocycles. The van der Waals surface area contributed by atoms with E-state index in [0.717, 1.165) is 11.8 Å². The van der Waals surface area contributed by atoms with Crippen molar-refractivity contribution in [3.05, 3.63) is 11.3 Å². The minimum absolute atomic E-state index is 0.476. The predicted octanol–water partition coefficient (Wildman–Crippen LogP) is 4.04. The van der Waals surface area contributed by atoms with Crippen molar-refractivity contribution in [2.24, 2.45) is 11.8 Å². The SMILES string of the molecule is CC1CCC2=C(O1)C1CCCCC1CC2. The summed E-state index contributed by atoms with van der Waals surface area (Å²) in [5.74, 6) is 3.22. The lowest BCUT2D eigenvalue weighted by Crippen LogP contribution is -2.31. The van der Waals surface area contributed by atoms with Crippen LogP contribution in [0, 0.1) is 11.8 Å². The highest BCUT2D eigenvalue weighted by molar-refractivity contribution is 5.19. The van der Waals surface area contributed by atoms with Gasteiger partial charge in [0, 0.05) is 5.92 Å². The fraction of sp³-hybridized carbons (Fsp3) is 0.857. The second-order valence-corrected chi connectivity index (χ2v) is 5.62. The first-order chi connectivity index (χ1) is 7.34. The van der Waals surface area contributed by atoms with Crippen LogP contribution in [0.4, 0.5) is 0 Å². The maximum atomic E-state index is 6.14. The van der Waals surface area contributed by atoms with Crippen LogP contribution in [0.2, 0.25) is 0 Å². The van der Waals surface area contributed by atoms with Gasteiger partial charge < -0.3 is 4.74 Å². The van der Waals surface area contributed by atoms with Crippen molar-refractivity contribution in [1.29, 1.82) is 0 Å². The van der Waals surface area contributed by atoms with Crippen molar-refractivity contribution < 1.29 is 4.74 Å². The molecular formula is C14H22O. The van der Waals surface area contributed by atoms with Gasteiger partial charge in [0.15, 0.2) is 0 Å². The molecule has 0 bridgehead atoms. The molecule has 0 radical (unpaired) electrons. The maximum absolute atomic E-state index is 6.14. The predicted molar refractivity (Wildman–Crippen MR) is 61.5 cm³/mol. The Labute approximate surface area is 92.9 Å². The smallest absolute Gasteiger partial charge is 0.0989 e. The van der Waals surface area contributed by atoms with Gasteiger partial charge in [-0.15, -0.1) is 0 Å². The molecule has 0 aromatic rings. The van der Waals surface area contributed by atoms with Crippen LogP contribution in [0.1, 0.15) is 58.3 Å². The standard InChI is InChI=1S/C14H22O/c1-10-6-7-12-9-8-11-4-2-3-5-13(11)14(12)15-10/h10-11,13H,2-9H2,1H3. The van der Waals surface area contributed by atoms with Crippen LogP contribution in [0.15, 0.2) is 11.3 Å². The minimum atomic E-state index is 0.476. The number of allylic oxidation sites excluding steroid dienone is 2. The van der Waals surface area contributed by atoms with Crippen molar-refractivity contribution in [3.8, 4) is 0 Å². The third-order valence-electron chi connectivity index (χ3n) is 4.59. The van der Waals surface area contributed by atoms with Gasteiger partial charge in [-0.05, 0) is 56.9 Å². The van der Waals surface area contributed by atoms with Crippen molar-refractivity contribution in [2.75, 3.05) is 0 Å². The Bertz CT molecular complexity index is 279. The van der Waals surface area contributed by atoms with E-state index in [0.29, 0.717) is 6.10 Å². The average Bonchev–Trinajstić information content (AvgIpc) is 2.29. The highest BCUT2D eigenvalue weighted by Crippen LogP contribution is 2.47. The molecule has 0 aromatic heterocycles. The van der Waals surface area contributed by atoms with Crippen molar-refractivity contribution >= 4 is 0 Å². The van der Waals surface area contributed by atoms with E-state index in [1.54, 1.807) is 5.57 Å². The molecule has 1 heteroatoms. The van der Waals surface area contributed by atoms with Crippen LogP contribution in [-0.2, 0) is 4.74 Å². The summed E-state index contributed by atoms with van der Waals surface area (Å²) in [5.41, 5.74) is 1.68. The lowest BCUT2D eigenvalue weighted by molar-refractivity contribution is 0.0446. The van der Waals surface area contributed by atoms with Gasteiger partial charge in [-0.1, -0.05) is 12.8 Å². The molecule has 15 heavy (non-hydrogen) atoms. The second kappa shape index (κ2) is 3.84. The van der Waals surface area contributed by atoms with Crippen molar-refractivity contribution in [1.82, 2.24) is 0 Å². The fourth-order valence-electron chi connectivity index (χ4n) is 3.72. The maximum Gasteiger partial charge on any atom is 0.0989 e. The first kappa shape index (κ1) is 9.74. The summed E-state index contributed by atoms with van der Waals surface area (Å²) in [6, 6.07) is 0. The Morgan fingerprint density at radius 3 is 2.73 bits per heavy atom. The zero-order valence-corrected chi connectivity index (χ0v) is 9.80. The molecule has 3 atom stereocenters. The normalized spacial score (nSPS) is 40.5. The topological polar surface area (TPSA) is 9.23 Å². The van der Waals surface area contributed by atoms with Gasteiger partial charge in [0.2, 0.25) is 0 Å². The summed E-state index contributed by atoms with van der Waals surface area (Å²) in [4.78, 5) is 0. The highest BCUT2D eigenvalue weighted by atomic mass is 16.5. The number of hydrogen-bond donors (Lipinski definition) is 0. The third kappa shape index (κ3) is 1.70. The van der Waals surface area contributed by atoms with Crippen molar-refractivity contribution in [2.45, 2.75) is 64.4 Å². The van der Waals surface area contributed by atoms with Gasteiger partial charge in [-0.25, -0.2) is 0 Å². The summed E-state index contributed by atoms with van der Waals surface area (Å²) >= 11 is 0. The van der Waals surface area contributed by atoms with E-state index in [1.807, 2.05) is 0 Å². The second-order valence-electron chi connectivity index (χ2n) is 5.62. The molecule has 1 fully saturated rings. The molecule has 0 saturated heterocycles. The van der Waals surface area contributed by atoms with Gasteiger partial charge >= 0.3 is 0 Å². The Hall–Kier alpha value is -0.460. The summed E-state index contributed by atoms with van der Waals surface area (Å²) in [6.07, 6.45) is 11.6. The number of fused-ring (bicyclic) bond motifs is 2. The summed E-state index contributed by atoms with van der Waals surface area (Å²) in [5, 5.41) is 0. The molecular weight excluding hydrogens is 184 g/mol. The summed E-state index contributed by atoms with van der Waals surface area (Å²) in [6.45, 7) is 2.23. The van der Waals surface area contributed by atoms with Crippen LogP contribution in [0.5, 0.6) is 0 Å². The first-order valence-corrected chi connectivity index (χ1v) is 6.73. The molecule has 3 rings (SSSR count). The highest BCUT2D eigenvalue weighted by Gasteiger charge is 2.36. The average molecular weight is 206 g/mol. The largest absolute Gasteiger partial charge is 0.495 e. The molecule has 1 aliphatic heterocycles. The van der Waals surface area contributed by atoms with E-state index in [9.17, 15) is 0 Å². The minimum Gasteiger partial charge on any atom is -0.495 e. The Balaban J connectivity index is 1.86. The lowest BCUT2D eigenvalue weighted by atomic mass is 9.70. The van der Waals surface area contributed by atoms with Crippen LogP contribution in [0.3, 0.4) is 0 Å². The number of rotatable bonds is 0. The van der Waals surface area contributed by atoms with Crippen LogP contribution < -0.4 is 0 Å². The van der Waals surface area contributed by atoms with E-state index >= 15 is 0 Å². The zero-order chi connectivity index (χ0) is 10.3. The van der Waals surface area contributed by atoms with Crippen LogP contribution in [0.25, 0.3) is 0 Å². The number of hydrogen-bond acceptors (Lipinski definition) is 1. The monoisotopic (exact) mass is 206 g/mol. The van der Waals surface area contributed by atoms with Gasteiger partial charge in [0.1, 0.15) is 0 Å². The van der Waals surface area contributed by atoms with Crippen LogP contribution in [-0.4, -0.2) is 6.10 Å². The molecule has 1 nitrogen and oxygen atoms in total. The van der Waals surface area contributed by atoms with E-state index in [1.165, 1.54) is 57.1 Å². The third-order valence-corrected chi connectivity index (χ3v) is 4.59. The van der Waals surface area contributed by atoms with Gasteiger partial charge in [-0.2, -0.15) is 0 Å². The van der Waals surface area contributed by atoms with Crippen LogP contribution >= 0.6 is 0 Å². The molecule has 0 spiro atoms. The Morgan fingerprint density at radius 2 is 1.80 bits per heavy atom. The molecule has 2 aliphatic carbocycles. The van der Waals surface area contributed by atoms with Gasteiger partial charge in [0.05, 0.1) is 11.9 Å². The van der Waals surface area contributed by atoms with E-state index in [2.05, 4.69) is 6.92 Å². The Morgan fingerprint density at radius 1 is 1.00 bits per heavy atom. The summed E-state index contributed by atoms with van der Waals surface area (Å²) in [7, 11) is 0. The molecule has 3 unspecified atom stereocenters. The van der Waals surface area contributed by atoms with Gasteiger partial charge in [0.25, 0.3) is 0 Å². The molecule has 0 amide bonds. The molecule has 1 saturated carbocycles. The number of ether oxygens (including phenoxy) is 1. The zero-order valence-electron chi connectivity index (χ0n) is 9.80. The molecule has 1 heterocycles. The fourth-order valence-corrected chi connectivity index (χ4v) is 3.72. The van der Waals surface area contributed by atoms with E-state index < -0.39 is 0 Å². The van der Waals surface area contributed by atoms with E-state index in [-0.39, 0.29) is 0 Å².